The van der Waals surface area contributed by atoms with Gasteiger partial charge >= 0.3 is 0 Å². The molecule has 0 unspecified atom stereocenters. The fourth-order valence-electron chi connectivity index (χ4n) is 3.75. The molecule has 28 heavy (non-hydrogen) atoms. The Labute approximate surface area is 168 Å². The topological polar surface area (TPSA) is 53.8 Å². The monoisotopic (exact) mass is 394 g/mol. The fraction of sp³-hybridized carbons (Fsp3) is 0.273. The molecule has 2 aromatic heterocycles. The second-order valence-corrected chi connectivity index (χ2v) is 8.12. The van der Waals surface area contributed by atoms with Crippen LogP contribution in [0.2, 0.25) is 0 Å². The highest BCUT2D eigenvalue weighted by Crippen LogP contribution is 2.43. The Morgan fingerprint density at radius 2 is 2.00 bits per heavy atom. The van der Waals surface area contributed by atoms with E-state index in [1.165, 1.54) is 0 Å². The number of furan rings is 1. The van der Waals surface area contributed by atoms with E-state index in [2.05, 4.69) is 0 Å². The predicted octanol–water partition coefficient (Wildman–Crippen LogP) is 4.40. The molecule has 0 saturated carbocycles. The van der Waals surface area contributed by atoms with E-state index in [1.807, 2.05) is 54.8 Å². The lowest BCUT2D eigenvalue weighted by molar-refractivity contribution is -0.136. The molecule has 1 aliphatic heterocycles. The summed E-state index contributed by atoms with van der Waals surface area (Å²) in [5.41, 5.74) is 1.96. The van der Waals surface area contributed by atoms with Gasteiger partial charge in [-0.15, -0.1) is 11.3 Å². The van der Waals surface area contributed by atoms with Crippen molar-refractivity contribution in [2.45, 2.75) is 25.9 Å². The molecule has 0 radical (unpaired) electrons. The van der Waals surface area contributed by atoms with Crippen LogP contribution < -0.4 is 4.90 Å². The number of thiophene rings is 1. The van der Waals surface area contributed by atoms with Crippen molar-refractivity contribution in [2.75, 3.05) is 11.9 Å². The van der Waals surface area contributed by atoms with Crippen LogP contribution in [0.3, 0.4) is 0 Å². The minimum atomic E-state index is -0.424. The number of rotatable bonds is 5. The number of anilines is 1. The number of benzene rings is 1. The van der Waals surface area contributed by atoms with Gasteiger partial charge in [-0.05, 0) is 42.6 Å². The Balaban J connectivity index is 1.65. The van der Waals surface area contributed by atoms with Crippen molar-refractivity contribution in [2.24, 2.45) is 5.92 Å². The van der Waals surface area contributed by atoms with Gasteiger partial charge in [-0.25, -0.2) is 0 Å². The Hall–Kier alpha value is -2.86. The summed E-state index contributed by atoms with van der Waals surface area (Å²) in [6.45, 7) is 2.40. The molecule has 2 amide bonds. The van der Waals surface area contributed by atoms with Gasteiger partial charge in [0.1, 0.15) is 5.76 Å². The maximum atomic E-state index is 13.3. The van der Waals surface area contributed by atoms with Gasteiger partial charge in [0.05, 0.1) is 24.8 Å². The van der Waals surface area contributed by atoms with Crippen LogP contribution in [0, 0.1) is 12.8 Å². The van der Waals surface area contributed by atoms with Crippen molar-refractivity contribution in [3.8, 4) is 0 Å². The molecule has 1 saturated heterocycles. The first-order valence-corrected chi connectivity index (χ1v) is 10.1. The van der Waals surface area contributed by atoms with E-state index in [9.17, 15) is 9.59 Å². The number of amides is 2. The van der Waals surface area contributed by atoms with Crippen LogP contribution >= 0.6 is 11.3 Å². The zero-order valence-electron chi connectivity index (χ0n) is 15.9. The number of aryl methyl sites for hydroxylation is 1. The Bertz CT molecular complexity index is 948. The summed E-state index contributed by atoms with van der Waals surface area (Å²) < 4.78 is 5.37. The average molecular weight is 394 g/mol. The fourth-order valence-corrected chi connectivity index (χ4v) is 4.63. The molecule has 0 bridgehead atoms. The number of nitrogens with zero attached hydrogens (tertiary/aromatic N) is 2. The van der Waals surface area contributed by atoms with Crippen LogP contribution in [0.4, 0.5) is 5.69 Å². The minimum absolute atomic E-state index is 0.0213. The molecule has 1 aliphatic rings. The number of hydrogen-bond donors (Lipinski definition) is 0. The first-order valence-electron chi connectivity index (χ1n) is 9.24. The first-order chi connectivity index (χ1) is 13.5. The zero-order valence-corrected chi connectivity index (χ0v) is 16.7. The van der Waals surface area contributed by atoms with Crippen LogP contribution in [0.25, 0.3) is 0 Å². The molecule has 0 aliphatic carbocycles. The highest BCUT2D eigenvalue weighted by molar-refractivity contribution is 7.10. The highest BCUT2D eigenvalue weighted by atomic mass is 32.1. The maximum absolute atomic E-state index is 13.3. The molecule has 3 heterocycles. The summed E-state index contributed by atoms with van der Waals surface area (Å²) in [5.74, 6) is 0.236. The third kappa shape index (κ3) is 3.47. The van der Waals surface area contributed by atoms with Crippen LogP contribution in [0.1, 0.15) is 28.7 Å². The lowest BCUT2D eigenvalue weighted by Gasteiger charge is -2.29. The molecule has 6 heteroatoms. The molecule has 1 fully saturated rings. The summed E-state index contributed by atoms with van der Waals surface area (Å²) in [6, 6.07) is 15.2. The highest BCUT2D eigenvalue weighted by Gasteiger charge is 2.46. The summed E-state index contributed by atoms with van der Waals surface area (Å²) in [7, 11) is 1.76. The smallest absolute Gasteiger partial charge is 0.228 e. The standard InChI is InChI=1S/C22H22N2O3S/c1-15-7-9-16(10-8-15)24-20(25)13-18(21(24)19-6-4-12-28-19)22(26)23(2)14-17-5-3-11-27-17/h3-12,18,21H,13-14H2,1-2H3/t18-,21-/m1/s1. The quantitative estimate of drug-likeness (QED) is 0.644. The molecule has 2 atom stereocenters. The normalized spacial score (nSPS) is 19.2. The van der Waals surface area contributed by atoms with Crippen molar-refractivity contribution in [1.29, 1.82) is 0 Å². The second kappa shape index (κ2) is 7.64. The molecule has 4 rings (SSSR count). The van der Waals surface area contributed by atoms with Crippen molar-refractivity contribution < 1.29 is 14.0 Å². The Morgan fingerprint density at radius 3 is 2.64 bits per heavy atom. The zero-order chi connectivity index (χ0) is 19.7. The lowest BCUT2D eigenvalue weighted by Crippen LogP contribution is -2.36. The Morgan fingerprint density at radius 1 is 1.21 bits per heavy atom. The van der Waals surface area contributed by atoms with Gasteiger partial charge in [-0.2, -0.15) is 0 Å². The predicted molar refractivity (Wildman–Crippen MR) is 109 cm³/mol. The summed E-state index contributed by atoms with van der Waals surface area (Å²) in [4.78, 5) is 30.7. The molecule has 144 valence electrons. The third-order valence-corrected chi connectivity index (χ3v) is 6.08. The van der Waals surface area contributed by atoms with E-state index < -0.39 is 5.92 Å². The number of hydrogen-bond acceptors (Lipinski definition) is 4. The van der Waals surface area contributed by atoms with E-state index in [0.29, 0.717) is 6.54 Å². The molecule has 5 nitrogen and oxygen atoms in total. The van der Waals surface area contributed by atoms with Gasteiger partial charge in [0, 0.05) is 24.0 Å². The third-order valence-electron chi connectivity index (χ3n) is 5.14. The molecule has 3 aromatic rings. The van der Waals surface area contributed by atoms with E-state index >= 15 is 0 Å². The van der Waals surface area contributed by atoms with Gasteiger partial charge in [-0.1, -0.05) is 23.8 Å². The molecule has 0 N–H and O–H groups in total. The van der Waals surface area contributed by atoms with Gasteiger partial charge in [0.25, 0.3) is 0 Å². The number of carbonyl (C=O) groups is 2. The molecule has 1 aromatic carbocycles. The van der Waals surface area contributed by atoms with Gasteiger partial charge in [-0.3, -0.25) is 9.59 Å². The molecular weight excluding hydrogens is 372 g/mol. The van der Waals surface area contributed by atoms with Gasteiger partial charge in [0.2, 0.25) is 11.8 Å². The molecule has 0 spiro atoms. The van der Waals surface area contributed by atoms with Crippen LogP contribution in [-0.4, -0.2) is 23.8 Å². The largest absolute Gasteiger partial charge is 0.467 e. The van der Waals surface area contributed by atoms with Crippen molar-refractivity contribution >= 4 is 28.8 Å². The van der Waals surface area contributed by atoms with Crippen molar-refractivity contribution in [3.05, 3.63) is 76.4 Å². The van der Waals surface area contributed by atoms with Crippen LogP contribution in [-0.2, 0) is 16.1 Å². The number of carbonyl (C=O) groups excluding carboxylic acids is 2. The Kier molecular flexibility index (Phi) is 5.05. The van der Waals surface area contributed by atoms with E-state index in [0.717, 1.165) is 21.9 Å². The SMILES string of the molecule is Cc1ccc(N2C(=O)C[C@@H](C(=O)N(C)Cc3ccco3)[C@@H]2c2cccs2)cc1. The maximum Gasteiger partial charge on any atom is 0.228 e. The van der Waals surface area contributed by atoms with E-state index in [4.69, 9.17) is 4.42 Å². The summed E-state index contributed by atoms with van der Waals surface area (Å²) in [6.07, 6.45) is 1.80. The van der Waals surface area contributed by atoms with E-state index in [-0.39, 0.29) is 24.3 Å². The van der Waals surface area contributed by atoms with Crippen LogP contribution in [0.15, 0.2) is 64.6 Å². The van der Waals surface area contributed by atoms with Gasteiger partial charge < -0.3 is 14.2 Å². The first kappa shape index (κ1) is 18.5. The lowest BCUT2D eigenvalue weighted by atomic mass is 9.97. The van der Waals surface area contributed by atoms with Gasteiger partial charge in [0.15, 0.2) is 0 Å². The van der Waals surface area contributed by atoms with Crippen LogP contribution in [0.5, 0.6) is 0 Å². The minimum Gasteiger partial charge on any atom is -0.467 e. The summed E-state index contributed by atoms with van der Waals surface area (Å²) >= 11 is 1.58. The van der Waals surface area contributed by atoms with E-state index in [1.54, 1.807) is 40.5 Å². The average Bonchev–Trinajstić information content (AvgIpc) is 3.42. The summed E-state index contributed by atoms with van der Waals surface area (Å²) in [5, 5.41) is 1.99. The molecular formula is C22H22N2O3S. The second-order valence-electron chi connectivity index (χ2n) is 7.14. The van der Waals surface area contributed by atoms with Crippen molar-refractivity contribution in [1.82, 2.24) is 4.90 Å². The van der Waals surface area contributed by atoms with Crippen molar-refractivity contribution in [3.63, 3.8) is 0 Å².